The van der Waals surface area contributed by atoms with E-state index in [1.54, 1.807) is 4.90 Å². The van der Waals surface area contributed by atoms with E-state index in [0.29, 0.717) is 25.9 Å². The molecule has 1 rings (SSSR count). The van der Waals surface area contributed by atoms with Gasteiger partial charge in [-0.05, 0) is 39.5 Å². The fourth-order valence-electron chi connectivity index (χ4n) is 2.29. The third kappa shape index (κ3) is 5.36. The lowest BCUT2D eigenvalue weighted by Crippen LogP contribution is -2.51. The van der Waals surface area contributed by atoms with Gasteiger partial charge in [-0.1, -0.05) is 0 Å². The van der Waals surface area contributed by atoms with E-state index < -0.39 is 5.60 Å². The molecule has 6 heteroatoms. The zero-order valence-corrected chi connectivity index (χ0v) is 12.8. The maximum atomic E-state index is 12.0. The normalized spacial score (nSPS) is 23.4. The lowest BCUT2D eigenvalue weighted by atomic mass is 9.88. The van der Waals surface area contributed by atoms with Crippen LogP contribution in [0.5, 0.6) is 0 Å². The Kier molecular flexibility index (Phi) is 5.80. The van der Waals surface area contributed by atoms with Gasteiger partial charge >= 0.3 is 12.1 Å². The maximum Gasteiger partial charge on any atom is 0.410 e. The molecule has 6 nitrogen and oxygen atoms in total. The average molecular weight is 286 g/mol. The van der Waals surface area contributed by atoms with Crippen LogP contribution in [-0.4, -0.2) is 48.8 Å². The number of nitrogens with zero attached hydrogens (tertiary/aromatic N) is 1. The Labute approximate surface area is 120 Å². The molecule has 0 radical (unpaired) electrons. The molecule has 0 aromatic rings. The molecular formula is C14H26N2O4. The second-order valence-electron chi connectivity index (χ2n) is 6.25. The minimum absolute atomic E-state index is 0.124. The van der Waals surface area contributed by atoms with Crippen molar-refractivity contribution in [1.82, 2.24) is 4.90 Å². The van der Waals surface area contributed by atoms with Crippen molar-refractivity contribution in [1.29, 1.82) is 0 Å². The molecule has 1 aliphatic heterocycles. The molecule has 1 saturated heterocycles. The Morgan fingerprint density at radius 2 is 2.00 bits per heavy atom. The molecule has 116 valence electrons. The van der Waals surface area contributed by atoms with Crippen LogP contribution in [0.2, 0.25) is 0 Å². The van der Waals surface area contributed by atoms with E-state index in [2.05, 4.69) is 4.74 Å². The summed E-state index contributed by atoms with van der Waals surface area (Å²) in [5, 5.41) is 0. The number of carbonyl (C=O) groups is 2. The minimum atomic E-state index is -0.497. The number of methoxy groups -OCH3 is 1. The predicted molar refractivity (Wildman–Crippen MR) is 75.1 cm³/mol. The molecule has 0 bridgehead atoms. The molecule has 0 unspecified atom stereocenters. The molecule has 2 N–H and O–H groups in total. The Hall–Kier alpha value is -1.30. The standard InChI is InChI=1S/C14H26N2O4/c1-14(2,3)20-13(18)16-8-7-10(11(15)9-16)5-6-12(17)19-4/h10-11H,5-9,15H2,1-4H3/t10-,11-/m0/s1. The average Bonchev–Trinajstić information content (AvgIpc) is 2.34. The summed E-state index contributed by atoms with van der Waals surface area (Å²) in [5.41, 5.74) is 5.60. The van der Waals surface area contributed by atoms with Gasteiger partial charge in [0.1, 0.15) is 5.60 Å². The predicted octanol–water partition coefficient (Wildman–Crippen LogP) is 1.52. The van der Waals surface area contributed by atoms with Gasteiger partial charge < -0.3 is 20.1 Å². The lowest BCUT2D eigenvalue weighted by molar-refractivity contribution is -0.141. The topological polar surface area (TPSA) is 81.9 Å². The van der Waals surface area contributed by atoms with Gasteiger partial charge in [-0.2, -0.15) is 0 Å². The number of rotatable bonds is 3. The largest absolute Gasteiger partial charge is 0.469 e. The number of amides is 1. The van der Waals surface area contributed by atoms with E-state index >= 15 is 0 Å². The molecule has 0 spiro atoms. The van der Waals surface area contributed by atoms with E-state index in [-0.39, 0.29) is 24.0 Å². The number of piperidine rings is 1. The molecule has 0 aromatic carbocycles. The van der Waals surface area contributed by atoms with Crippen LogP contribution in [0.4, 0.5) is 4.79 Å². The van der Waals surface area contributed by atoms with Crippen LogP contribution in [-0.2, 0) is 14.3 Å². The van der Waals surface area contributed by atoms with Gasteiger partial charge in [-0.15, -0.1) is 0 Å². The van der Waals surface area contributed by atoms with E-state index in [0.717, 1.165) is 6.42 Å². The molecule has 0 aromatic heterocycles. The quantitative estimate of drug-likeness (QED) is 0.795. The van der Waals surface area contributed by atoms with Crippen molar-refractivity contribution in [2.75, 3.05) is 20.2 Å². The van der Waals surface area contributed by atoms with Gasteiger partial charge in [0.05, 0.1) is 7.11 Å². The fraction of sp³-hybridized carbons (Fsp3) is 0.857. The van der Waals surface area contributed by atoms with Gasteiger partial charge in [-0.25, -0.2) is 4.79 Å². The second kappa shape index (κ2) is 6.92. The Morgan fingerprint density at radius 1 is 1.35 bits per heavy atom. The molecule has 0 saturated carbocycles. The van der Waals surface area contributed by atoms with Crippen LogP contribution in [0, 0.1) is 5.92 Å². The highest BCUT2D eigenvalue weighted by molar-refractivity contribution is 5.69. The van der Waals surface area contributed by atoms with Crippen molar-refractivity contribution in [3.8, 4) is 0 Å². The summed E-state index contributed by atoms with van der Waals surface area (Å²) in [7, 11) is 1.38. The number of esters is 1. The third-order valence-corrected chi connectivity index (χ3v) is 3.41. The van der Waals surface area contributed by atoms with Gasteiger partial charge in [0, 0.05) is 25.6 Å². The molecule has 2 atom stereocenters. The van der Waals surface area contributed by atoms with Crippen molar-refractivity contribution >= 4 is 12.1 Å². The summed E-state index contributed by atoms with van der Waals surface area (Å²) in [5.74, 6) is 0.0274. The Balaban J connectivity index is 2.43. The number of nitrogens with two attached hydrogens (primary N) is 1. The molecule has 1 amide bonds. The summed E-state index contributed by atoms with van der Waals surface area (Å²) in [6.07, 6.45) is 1.55. The van der Waals surface area contributed by atoms with Crippen molar-refractivity contribution in [2.45, 2.75) is 51.7 Å². The van der Waals surface area contributed by atoms with Crippen molar-refractivity contribution in [3.05, 3.63) is 0 Å². The lowest BCUT2D eigenvalue weighted by Gasteiger charge is -2.37. The molecule has 20 heavy (non-hydrogen) atoms. The SMILES string of the molecule is COC(=O)CC[C@H]1CCN(C(=O)OC(C)(C)C)C[C@@H]1N. The van der Waals surface area contributed by atoms with Crippen LogP contribution in [0.15, 0.2) is 0 Å². The number of likely N-dealkylation sites (tertiary alicyclic amines) is 1. The van der Waals surface area contributed by atoms with E-state index in [1.165, 1.54) is 7.11 Å². The summed E-state index contributed by atoms with van der Waals surface area (Å²) in [6, 6.07) is -0.124. The third-order valence-electron chi connectivity index (χ3n) is 3.41. The van der Waals surface area contributed by atoms with Crippen LogP contribution >= 0.6 is 0 Å². The first-order valence-corrected chi connectivity index (χ1v) is 7.03. The van der Waals surface area contributed by atoms with Gasteiger partial charge in [0.25, 0.3) is 0 Å². The second-order valence-corrected chi connectivity index (χ2v) is 6.25. The smallest absolute Gasteiger partial charge is 0.410 e. The minimum Gasteiger partial charge on any atom is -0.469 e. The summed E-state index contributed by atoms with van der Waals surface area (Å²) in [6.45, 7) is 6.62. The highest BCUT2D eigenvalue weighted by atomic mass is 16.6. The highest BCUT2D eigenvalue weighted by Crippen LogP contribution is 2.23. The number of hydrogen-bond donors (Lipinski definition) is 1. The molecular weight excluding hydrogens is 260 g/mol. The zero-order valence-electron chi connectivity index (χ0n) is 12.8. The van der Waals surface area contributed by atoms with Crippen LogP contribution < -0.4 is 5.73 Å². The van der Waals surface area contributed by atoms with Crippen LogP contribution in [0.25, 0.3) is 0 Å². The Bertz CT molecular complexity index is 352. The van der Waals surface area contributed by atoms with E-state index in [1.807, 2.05) is 20.8 Å². The molecule has 1 aliphatic rings. The van der Waals surface area contributed by atoms with Gasteiger partial charge in [0.15, 0.2) is 0 Å². The maximum absolute atomic E-state index is 12.0. The summed E-state index contributed by atoms with van der Waals surface area (Å²) in [4.78, 5) is 24.7. The molecule has 1 heterocycles. The first kappa shape index (κ1) is 16.8. The number of ether oxygens (including phenoxy) is 2. The summed E-state index contributed by atoms with van der Waals surface area (Å²) >= 11 is 0. The fourth-order valence-corrected chi connectivity index (χ4v) is 2.29. The van der Waals surface area contributed by atoms with Gasteiger partial charge in [0.2, 0.25) is 0 Å². The number of carbonyl (C=O) groups excluding carboxylic acids is 2. The first-order chi connectivity index (χ1) is 9.23. The number of hydrogen-bond acceptors (Lipinski definition) is 5. The van der Waals surface area contributed by atoms with E-state index in [4.69, 9.17) is 10.5 Å². The monoisotopic (exact) mass is 286 g/mol. The zero-order chi connectivity index (χ0) is 15.3. The Morgan fingerprint density at radius 3 is 2.50 bits per heavy atom. The van der Waals surface area contributed by atoms with Crippen LogP contribution in [0.3, 0.4) is 0 Å². The first-order valence-electron chi connectivity index (χ1n) is 7.03. The van der Waals surface area contributed by atoms with Crippen molar-refractivity contribution < 1.29 is 19.1 Å². The van der Waals surface area contributed by atoms with Crippen LogP contribution in [0.1, 0.15) is 40.0 Å². The van der Waals surface area contributed by atoms with Crippen molar-refractivity contribution in [3.63, 3.8) is 0 Å². The van der Waals surface area contributed by atoms with Gasteiger partial charge in [-0.3, -0.25) is 4.79 Å². The molecule has 0 aliphatic carbocycles. The highest BCUT2D eigenvalue weighted by Gasteiger charge is 2.31. The molecule has 1 fully saturated rings. The summed E-state index contributed by atoms with van der Waals surface area (Å²) < 4.78 is 9.96. The van der Waals surface area contributed by atoms with Crippen molar-refractivity contribution in [2.24, 2.45) is 11.7 Å². The van der Waals surface area contributed by atoms with E-state index in [9.17, 15) is 9.59 Å².